The Morgan fingerprint density at radius 3 is 2.50 bits per heavy atom. The van der Waals surface area contributed by atoms with Crippen LogP contribution in [-0.2, 0) is 11.3 Å². The third kappa shape index (κ3) is 7.08. The maximum Gasteiger partial charge on any atom is 0.422 e. The fourth-order valence-electron chi connectivity index (χ4n) is 2.12. The number of halogens is 3. The molecule has 136 valence electrons. The lowest BCUT2D eigenvalue weighted by atomic mass is 10.1. The predicted molar refractivity (Wildman–Crippen MR) is 82.3 cm³/mol. The van der Waals surface area contributed by atoms with Gasteiger partial charge in [-0.3, -0.25) is 4.79 Å². The average molecular weight is 349 g/mol. The first kappa shape index (κ1) is 20.1. The fraction of sp³-hybridized carbons (Fsp3) is 0.562. The van der Waals surface area contributed by atoms with Crippen molar-refractivity contribution in [1.82, 2.24) is 4.90 Å². The van der Waals surface area contributed by atoms with Gasteiger partial charge >= 0.3 is 12.1 Å². The van der Waals surface area contributed by atoms with Crippen LogP contribution in [0.2, 0.25) is 0 Å². The summed E-state index contributed by atoms with van der Waals surface area (Å²) in [7, 11) is 1.77. The molecule has 0 spiro atoms. The summed E-state index contributed by atoms with van der Waals surface area (Å²) in [6.07, 6.45) is -4.42. The zero-order valence-electron chi connectivity index (χ0n) is 13.9. The van der Waals surface area contributed by atoms with Crippen molar-refractivity contribution < 1.29 is 32.5 Å². The summed E-state index contributed by atoms with van der Waals surface area (Å²) in [6, 6.07) is 4.67. The number of rotatable bonds is 9. The molecule has 0 aliphatic heterocycles. The normalized spacial score (nSPS) is 13.0. The number of carbonyl (C=O) groups is 1. The number of benzene rings is 1. The van der Waals surface area contributed by atoms with Crippen LogP contribution in [-0.4, -0.2) is 49.0 Å². The summed E-state index contributed by atoms with van der Waals surface area (Å²) >= 11 is 0. The van der Waals surface area contributed by atoms with Crippen LogP contribution in [0, 0.1) is 5.92 Å². The van der Waals surface area contributed by atoms with E-state index in [2.05, 4.69) is 0 Å². The van der Waals surface area contributed by atoms with Gasteiger partial charge in [-0.25, -0.2) is 0 Å². The number of nitrogens with zero attached hydrogens (tertiary/aromatic N) is 1. The van der Waals surface area contributed by atoms with Crippen LogP contribution in [0.3, 0.4) is 0 Å². The lowest BCUT2D eigenvalue weighted by molar-refractivity contribution is -0.153. The van der Waals surface area contributed by atoms with Crippen LogP contribution < -0.4 is 9.47 Å². The van der Waals surface area contributed by atoms with Gasteiger partial charge in [0.25, 0.3) is 0 Å². The van der Waals surface area contributed by atoms with E-state index in [-0.39, 0.29) is 18.1 Å². The monoisotopic (exact) mass is 349 g/mol. The van der Waals surface area contributed by atoms with E-state index in [1.54, 1.807) is 33.0 Å². The van der Waals surface area contributed by atoms with E-state index < -0.39 is 24.7 Å². The molecule has 0 aromatic heterocycles. The van der Waals surface area contributed by atoms with Crippen molar-refractivity contribution in [3.8, 4) is 11.5 Å². The molecular formula is C16H22F3NO4. The highest BCUT2D eigenvalue weighted by atomic mass is 19.4. The minimum Gasteiger partial charge on any atom is -0.490 e. The summed E-state index contributed by atoms with van der Waals surface area (Å²) in [4.78, 5) is 12.7. The molecule has 1 unspecified atom stereocenters. The van der Waals surface area contributed by atoms with Crippen LogP contribution in [0.25, 0.3) is 0 Å². The van der Waals surface area contributed by atoms with E-state index in [4.69, 9.17) is 14.6 Å². The van der Waals surface area contributed by atoms with E-state index in [1.807, 2.05) is 4.90 Å². The van der Waals surface area contributed by atoms with Gasteiger partial charge < -0.3 is 19.5 Å². The highest BCUT2D eigenvalue weighted by Crippen LogP contribution is 2.30. The Morgan fingerprint density at radius 1 is 1.29 bits per heavy atom. The van der Waals surface area contributed by atoms with Gasteiger partial charge in [-0.1, -0.05) is 13.0 Å². The number of alkyl halides is 3. The summed E-state index contributed by atoms with van der Waals surface area (Å²) in [5.74, 6) is -1.14. The largest absolute Gasteiger partial charge is 0.490 e. The van der Waals surface area contributed by atoms with Gasteiger partial charge in [0.1, 0.15) is 0 Å². The third-order valence-corrected chi connectivity index (χ3v) is 3.16. The van der Waals surface area contributed by atoms with Crippen molar-refractivity contribution in [2.24, 2.45) is 5.92 Å². The molecule has 24 heavy (non-hydrogen) atoms. The van der Waals surface area contributed by atoms with E-state index in [1.165, 1.54) is 6.07 Å². The molecule has 1 aromatic rings. The second-order valence-corrected chi connectivity index (χ2v) is 5.55. The molecule has 8 heteroatoms. The second kappa shape index (κ2) is 8.77. The van der Waals surface area contributed by atoms with Crippen molar-refractivity contribution in [1.29, 1.82) is 0 Å². The van der Waals surface area contributed by atoms with Crippen molar-refractivity contribution >= 4 is 5.97 Å². The molecule has 1 N–H and O–H groups in total. The lowest BCUT2D eigenvalue weighted by Crippen LogP contribution is -2.28. The molecule has 1 aromatic carbocycles. The summed E-state index contributed by atoms with van der Waals surface area (Å²) < 4.78 is 46.9. The van der Waals surface area contributed by atoms with Gasteiger partial charge in [0, 0.05) is 13.1 Å². The van der Waals surface area contributed by atoms with E-state index in [9.17, 15) is 18.0 Å². The van der Waals surface area contributed by atoms with Crippen molar-refractivity contribution in [3.63, 3.8) is 0 Å². The van der Waals surface area contributed by atoms with Crippen molar-refractivity contribution in [2.45, 2.75) is 26.6 Å². The Morgan fingerprint density at radius 2 is 1.96 bits per heavy atom. The van der Waals surface area contributed by atoms with Crippen LogP contribution >= 0.6 is 0 Å². The minimum absolute atomic E-state index is 0.0273. The number of ether oxygens (including phenoxy) is 2. The number of aliphatic carboxylic acids is 1. The number of hydrogen-bond acceptors (Lipinski definition) is 4. The first-order chi connectivity index (χ1) is 11.1. The maximum atomic E-state index is 12.3. The molecule has 0 saturated heterocycles. The lowest BCUT2D eigenvalue weighted by Gasteiger charge is -2.20. The Labute approximate surface area is 139 Å². The van der Waals surface area contributed by atoms with Crippen LogP contribution in [0.15, 0.2) is 18.2 Å². The zero-order valence-corrected chi connectivity index (χ0v) is 13.9. The molecular weight excluding hydrogens is 327 g/mol. The quantitative estimate of drug-likeness (QED) is 0.742. The number of carboxylic acids is 1. The zero-order chi connectivity index (χ0) is 18.3. The first-order valence-corrected chi connectivity index (χ1v) is 7.49. The van der Waals surface area contributed by atoms with Crippen molar-refractivity contribution in [3.05, 3.63) is 23.8 Å². The van der Waals surface area contributed by atoms with Gasteiger partial charge in [0.05, 0.1) is 12.5 Å². The molecule has 0 saturated carbocycles. The minimum atomic E-state index is -4.42. The van der Waals surface area contributed by atoms with Crippen LogP contribution in [0.5, 0.6) is 11.5 Å². The van der Waals surface area contributed by atoms with Gasteiger partial charge in [-0.2, -0.15) is 13.2 Å². The molecule has 0 radical (unpaired) electrons. The molecule has 0 amide bonds. The molecule has 5 nitrogen and oxygen atoms in total. The molecule has 1 rings (SSSR count). The molecule has 0 aliphatic carbocycles. The molecule has 0 aliphatic rings. The average Bonchev–Trinajstić information content (AvgIpc) is 2.45. The van der Waals surface area contributed by atoms with Crippen molar-refractivity contribution in [2.75, 3.05) is 26.8 Å². The van der Waals surface area contributed by atoms with Gasteiger partial charge in [0.15, 0.2) is 18.1 Å². The number of carboxylic acid groups (broad SMARTS) is 1. The van der Waals surface area contributed by atoms with E-state index >= 15 is 0 Å². The Hall–Kier alpha value is -1.96. The van der Waals surface area contributed by atoms with E-state index in [0.717, 1.165) is 5.56 Å². The highest BCUT2D eigenvalue weighted by molar-refractivity contribution is 5.69. The van der Waals surface area contributed by atoms with Crippen LogP contribution in [0.4, 0.5) is 13.2 Å². The Bertz CT molecular complexity index is 549. The topological polar surface area (TPSA) is 59.0 Å². The standard InChI is InChI=1S/C16H22F3NO4/c1-4-23-14-7-12(9-20(3)8-11(2)15(21)22)5-6-13(14)24-10-16(17,18)19/h5-7,11H,4,8-10H2,1-3H3,(H,21,22). The molecule has 0 heterocycles. The van der Waals surface area contributed by atoms with Gasteiger partial charge in [-0.05, 0) is 31.7 Å². The maximum absolute atomic E-state index is 12.3. The predicted octanol–water partition coefficient (Wildman–Crippen LogP) is 3.18. The summed E-state index contributed by atoms with van der Waals surface area (Å²) in [5, 5.41) is 8.92. The Balaban J connectivity index is 2.79. The number of hydrogen-bond donors (Lipinski definition) is 1. The first-order valence-electron chi connectivity index (χ1n) is 7.49. The third-order valence-electron chi connectivity index (χ3n) is 3.16. The highest BCUT2D eigenvalue weighted by Gasteiger charge is 2.29. The molecule has 0 fully saturated rings. The molecule has 0 bridgehead atoms. The smallest absolute Gasteiger partial charge is 0.422 e. The Kier molecular flexibility index (Phi) is 7.34. The van der Waals surface area contributed by atoms with Gasteiger partial charge in [0.2, 0.25) is 0 Å². The van der Waals surface area contributed by atoms with Gasteiger partial charge in [-0.15, -0.1) is 0 Å². The summed E-state index contributed by atoms with van der Waals surface area (Å²) in [6.45, 7) is 3.03. The van der Waals surface area contributed by atoms with E-state index in [0.29, 0.717) is 13.1 Å². The molecule has 1 atom stereocenters. The fourth-order valence-corrected chi connectivity index (χ4v) is 2.12. The summed E-state index contributed by atoms with van der Waals surface area (Å²) in [5.41, 5.74) is 0.790. The SMILES string of the molecule is CCOc1cc(CN(C)CC(C)C(=O)O)ccc1OCC(F)(F)F. The second-order valence-electron chi connectivity index (χ2n) is 5.55. The van der Waals surface area contributed by atoms with Crippen LogP contribution in [0.1, 0.15) is 19.4 Å².